The zero-order chi connectivity index (χ0) is 13.0. The highest BCUT2D eigenvalue weighted by atomic mass is 32.2. The van der Waals surface area contributed by atoms with Crippen molar-refractivity contribution in [3.8, 4) is 0 Å². The Hall–Kier alpha value is -0.170. The molecule has 1 N–H and O–H groups in total. The van der Waals surface area contributed by atoms with Crippen molar-refractivity contribution in [3.63, 3.8) is 0 Å². The van der Waals surface area contributed by atoms with Crippen molar-refractivity contribution in [1.82, 2.24) is 9.62 Å². The topological polar surface area (TPSA) is 58.6 Å². The molecule has 2 heterocycles. The zero-order valence-electron chi connectivity index (χ0n) is 11.1. The molecule has 5 nitrogen and oxygen atoms in total. The number of sulfonamides is 1. The van der Waals surface area contributed by atoms with Crippen LogP contribution >= 0.6 is 0 Å². The molecule has 0 radical (unpaired) electrons. The number of nitrogens with zero attached hydrogens (tertiary/aromatic N) is 1. The van der Waals surface area contributed by atoms with Crippen LogP contribution < -0.4 is 5.32 Å². The van der Waals surface area contributed by atoms with Gasteiger partial charge in [0.25, 0.3) is 0 Å². The van der Waals surface area contributed by atoms with Gasteiger partial charge in [-0.2, -0.15) is 0 Å². The first kappa shape index (κ1) is 14.2. The Morgan fingerprint density at radius 2 is 1.78 bits per heavy atom. The van der Waals surface area contributed by atoms with Crippen LogP contribution in [0.2, 0.25) is 0 Å². The third-order valence-electron chi connectivity index (χ3n) is 4.00. The van der Waals surface area contributed by atoms with Crippen molar-refractivity contribution in [3.05, 3.63) is 0 Å². The number of nitrogens with one attached hydrogen (secondary N) is 1. The minimum absolute atomic E-state index is 0.191. The highest BCUT2D eigenvalue weighted by Gasteiger charge is 2.32. The van der Waals surface area contributed by atoms with Gasteiger partial charge >= 0.3 is 0 Å². The van der Waals surface area contributed by atoms with Crippen molar-refractivity contribution >= 4 is 10.0 Å². The molecule has 0 atom stereocenters. The van der Waals surface area contributed by atoms with Gasteiger partial charge in [-0.15, -0.1) is 0 Å². The van der Waals surface area contributed by atoms with Crippen LogP contribution in [-0.4, -0.2) is 57.9 Å². The van der Waals surface area contributed by atoms with Gasteiger partial charge in [0.05, 0.1) is 5.25 Å². The van der Waals surface area contributed by atoms with Crippen molar-refractivity contribution in [2.45, 2.75) is 30.9 Å². The van der Waals surface area contributed by atoms with Gasteiger partial charge in [0.2, 0.25) is 10.0 Å². The van der Waals surface area contributed by atoms with Crippen molar-refractivity contribution in [1.29, 1.82) is 0 Å². The SMILES string of the molecule is CN(CC1CCOCC1)S(=O)(=O)C1CCNCC1. The van der Waals surface area contributed by atoms with Gasteiger partial charge in [-0.05, 0) is 44.7 Å². The summed E-state index contributed by atoms with van der Waals surface area (Å²) in [5.41, 5.74) is 0. The van der Waals surface area contributed by atoms with Gasteiger partial charge in [-0.1, -0.05) is 0 Å². The van der Waals surface area contributed by atoms with E-state index in [1.165, 1.54) is 0 Å². The summed E-state index contributed by atoms with van der Waals surface area (Å²) in [7, 11) is -1.38. The maximum absolute atomic E-state index is 12.4. The van der Waals surface area contributed by atoms with E-state index in [9.17, 15) is 8.42 Å². The number of hydrogen-bond donors (Lipinski definition) is 1. The lowest BCUT2D eigenvalue weighted by molar-refractivity contribution is 0.0619. The lowest BCUT2D eigenvalue weighted by Crippen LogP contribution is -2.44. The first-order chi connectivity index (χ1) is 8.60. The maximum Gasteiger partial charge on any atom is 0.216 e. The Balaban J connectivity index is 1.91. The summed E-state index contributed by atoms with van der Waals surface area (Å²) in [4.78, 5) is 0. The van der Waals surface area contributed by atoms with E-state index < -0.39 is 10.0 Å². The first-order valence-electron chi connectivity index (χ1n) is 6.84. The van der Waals surface area contributed by atoms with Gasteiger partial charge in [0.1, 0.15) is 0 Å². The minimum Gasteiger partial charge on any atom is -0.381 e. The highest BCUT2D eigenvalue weighted by molar-refractivity contribution is 7.89. The molecule has 2 aliphatic heterocycles. The molecule has 2 saturated heterocycles. The van der Waals surface area contributed by atoms with E-state index >= 15 is 0 Å². The largest absolute Gasteiger partial charge is 0.381 e. The van der Waals surface area contributed by atoms with Gasteiger partial charge < -0.3 is 10.1 Å². The summed E-state index contributed by atoms with van der Waals surface area (Å²) in [6.07, 6.45) is 3.43. The third-order valence-corrected chi connectivity index (χ3v) is 6.33. The molecule has 0 aromatic heterocycles. The zero-order valence-corrected chi connectivity index (χ0v) is 11.9. The van der Waals surface area contributed by atoms with Crippen LogP contribution in [0.5, 0.6) is 0 Å². The van der Waals surface area contributed by atoms with Crippen LogP contribution in [0.1, 0.15) is 25.7 Å². The fourth-order valence-electron chi connectivity index (χ4n) is 2.74. The van der Waals surface area contributed by atoms with Crippen LogP contribution in [0.4, 0.5) is 0 Å². The first-order valence-corrected chi connectivity index (χ1v) is 8.34. The fourth-order valence-corrected chi connectivity index (χ4v) is 4.50. The maximum atomic E-state index is 12.4. The molecule has 0 unspecified atom stereocenters. The molecule has 0 spiro atoms. The number of rotatable bonds is 4. The summed E-state index contributed by atoms with van der Waals surface area (Å²) in [6, 6.07) is 0. The average molecular weight is 276 g/mol. The van der Waals surface area contributed by atoms with Crippen LogP contribution in [0.15, 0.2) is 0 Å². The van der Waals surface area contributed by atoms with Crippen molar-refractivity contribution < 1.29 is 13.2 Å². The monoisotopic (exact) mass is 276 g/mol. The number of hydrogen-bond acceptors (Lipinski definition) is 4. The van der Waals surface area contributed by atoms with Gasteiger partial charge in [0.15, 0.2) is 0 Å². The van der Waals surface area contributed by atoms with E-state index in [0.29, 0.717) is 12.5 Å². The summed E-state index contributed by atoms with van der Waals surface area (Å²) >= 11 is 0. The molecular formula is C12H24N2O3S. The molecule has 0 bridgehead atoms. The lowest BCUT2D eigenvalue weighted by Gasteiger charge is -2.31. The van der Waals surface area contributed by atoms with Crippen LogP contribution in [0.25, 0.3) is 0 Å². The van der Waals surface area contributed by atoms with E-state index in [4.69, 9.17) is 4.74 Å². The molecule has 0 saturated carbocycles. The lowest BCUT2D eigenvalue weighted by atomic mass is 10.0. The Labute approximate surface area is 110 Å². The van der Waals surface area contributed by atoms with Gasteiger partial charge in [-0.3, -0.25) is 0 Å². The van der Waals surface area contributed by atoms with Crippen LogP contribution in [0.3, 0.4) is 0 Å². The summed E-state index contributed by atoms with van der Waals surface area (Å²) in [5, 5.41) is 3.02. The molecule has 106 valence electrons. The number of ether oxygens (including phenoxy) is 1. The standard InChI is InChI=1S/C12H24N2O3S/c1-14(10-11-4-8-17-9-5-11)18(15,16)12-2-6-13-7-3-12/h11-13H,2-10H2,1H3. The molecule has 0 amide bonds. The van der Waals surface area contributed by atoms with Crippen LogP contribution in [-0.2, 0) is 14.8 Å². The molecule has 0 aliphatic carbocycles. The predicted octanol–water partition coefficient (Wildman–Crippen LogP) is 0.427. The molecule has 6 heteroatoms. The Kier molecular flexibility index (Phi) is 5.00. The third kappa shape index (κ3) is 3.44. The molecule has 2 rings (SSSR count). The summed E-state index contributed by atoms with van der Waals surface area (Å²) < 4.78 is 31.7. The molecule has 18 heavy (non-hydrogen) atoms. The Morgan fingerprint density at radius 3 is 2.39 bits per heavy atom. The second-order valence-electron chi connectivity index (χ2n) is 5.33. The quantitative estimate of drug-likeness (QED) is 0.809. The van der Waals surface area contributed by atoms with E-state index in [1.54, 1.807) is 11.4 Å². The van der Waals surface area contributed by atoms with Crippen molar-refractivity contribution in [2.24, 2.45) is 5.92 Å². The van der Waals surface area contributed by atoms with E-state index in [2.05, 4.69) is 5.32 Å². The van der Waals surface area contributed by atoms with E-state index in [-0.39, 0.29) is 5.25 Å². The van der Waals surface area contributed by atoms with E-state index in [1.807, 2.05) is 0 Å². The second-order valence-corrected chi connectivity index (χ2v) is 7.65. The molecule has 0 aromatic carbocycles. The molecule has 2 fully saturated rings. The summed E-state index contributed by atoms with van der Waals surface area (Å²) in [6.45, 7) is 3.82. The molecular weight excluding hydrogens is 252 g/mol. The Bertz CT molecular complexity index is 346. The second kappa shape index (κ2) is 6.32. The molecule has 0 aromatic rings. The Morgan fingerprint density at radius 1 is 1.17 bits per heavy atom. The average Bonchev–Trinajstić information content (AvgIpc) is 2.41. The predicted molar refractivity (Wildman–Crippen MR) is 71.0 cm³/mol. The van der Waals surface area contributed by atoms with Crippen LogP contribution in [0, 0.1) is 5.92 Å². The number of piperidine rings is 1. The van der Waals surface area contributed by atoms with Gasteiger partial charge in [0, 0.05) is 26.8 Å². The minimum atomic E-state index is -3.11. The molecule has 2 aliphatic rings. The highest BCUT2D eigenvalue weighted by Crippen LogP contribution is 2.21. The summed E-state index contributed by atoms with van der Waals surface area (Å²) in [5.74, 6) is 0.459. The van der Waals surface area contributed by atoms with E-state index in [0.717, 1.165) is 52.0 Å². The smallest absolute Gasteiger partial charge is 0.216 e. The normalized spacial score (nSPS) is 24.6. The van der Waals surface area contributed by atoms with Gasteiger partial charge in [-0.25, -0.2) is 12.7 Å². The fraction of sp³-hybridized carbons (Fsp3) is 1.00. The van der Waals surface area contributed by atoms with Crippen molar-refractivity contribution in [2.75, 3.05) is 39.9 Å².